The van der Waals surface area contributed by atoms with E-state index >= 15 is 0 Å². The Morgan fingerprint density at radius 2 is 2.12 bits per heavy atom. The Morgan fingerprint density at radius 3 is 2.76 bits per heavy atom. The molecule has 0 heterocycles. The first kappa shape index (κ1) is 13.3. The van der Waals surface area contributed by atoms with Crippen molar-refractivity contribution in [1.82, 2.24) is 5.32 Å². The van der Waals surface area contributed by atoms with Gasteiger partial charge in [-0.1, -0.05) is 36.3 Å². The molecule has 1 unspecified atom stereocenters. The van der Waals surface area contributed by atoms with E-state index in [0.717, 1.165) is 5.56 Å². The molecule has 0 radical (unpaired) electrons. The van der Waals surface area contributed by atoms with Crippen molar-refractivity contribution in [2.45, 2.75) is 25.8 Å². The van der Waals surface area contributed by atoms with E-state index in [-0.39, 0.29) is 11.9 Å². The predicted octanol–water partition coefficient (Wildman–Crippen LogP) is 1.61. The molecule has 0 aliphatic carbocycles. The molecule has 1 aromatic rings. The highest BCUT2D eigenvalue weighted by molar-refractivity contribution is 5.76. The Bertz CT molecular complexity index is 403. The molecule has 0 saturated carbocycles. The normalized spacial score (nSPS) is 11.2. The summed E-state index contributed by atoms with van der Waals surface area (Å²) in [6.45, 7) is 2.16. The summed E-state index contributed by atoms with van der Waals surface area (Å²) in [5, 5.41) is 2.72. The van der Waals surface area contributed by atoms with Crippen LogP contribution in [0.15, 0.2) is 30.3 Å². The maximum absolute atomic E-state index is 11.4. The SMILES string of the molecule is CC#CCNC(=O)CCC(N)c1ccccc1. The minimum atomic E-state index is -0.0841. The van der Waals surface area contributed by atoms with Gasteiger partial charge in [0.2, 0.25) is 5.91 Å². The van der Waals surface area contributed by atoms with Gasteiger partial charge < -0.3 is 11.1 Å². The zero-order chi connectivity index (χ0) is 12.5. The lowest BCUT2D eigenvalue weighted by Crippen LogP contribution is -2.24. The van der Waals surface area contributed by atoms with Gasteiger partial charge in [-0.25, -0.2) is 0 Å². The van der Waals surface area contributed by atoms with E-state index in [1.54, 1.807) is 6.92 Å². The molecule has 3 N–H and O–H groups in total. The molecule has 0 saturated heterocycles. The first-order chi connectivity index (χ1) is 8.24. The fraction of sp³-hybridized carbons (Fsp3) is 0.357. The summed E-state index contributed by atoms with van der Waals surface area (Å²) in [4.78, 5) is 11.4. The van der Waals surface area contributed by atoms with Crippen molar-refractivity contribution in [2.75, 3.05) is 6.54 Å². The minimum absolute atomic E-state index is 0.000805. The lowest BCUT2D eigenvalue weighted by atomic mass is 10.0. The lowest BCUT2D eigenvalue weighted by molar-refractivity contribution is -0.121. The Morgan fingerprint density at radius 1 is 1.41 bits per heavy atom. The molecular weight excluding hydrogens is 212 g/mol. The molecule has 0 spiro atoms. The minimum Gasteiger partial charge on any atom is -0.345 e. The topological polar surface area (TPSA) is 55.1 Å². The van der Waals surface area contributed by atoms with Crippen molar-refractivity contribution in [1.29, 1.82) is 0 Å². The zero-order valence-corrected chi connectivity index (χ0v) is 10.1. The fourth-order valence-corrected chi connectivity index (χ4v) is 1.47. The monoisotopic (exact) mass is 230 g/mol. The van der Waals surface area contributed by atoms with Crippen LogP contribution in [0, 0.1) is 11.8 Å². The molecule has 1 amide bonds. The van der Waals surface area contributed by atoms with Crippen LogP contribution in [0.25, 0.3) is 0 Å². The summed E-state index contributed by atoms with van der Waals surface area (Å²) < 4.78 is 0. The van der Waals surface area contributed by atoms with E-state index < -0.39 is 0 Å². The highest BCUT2D eigenvalue weighted by Crippen LogP contribution is 2.14. The van der Waals surface area contributed by atoms with Gasteiger partial charge in [0.15, 0.2) is 0 Å². The Hall–Kier alpha value is -1.79. The van der Waals surface area contributed by atoms with Gasteiger partial charge in [-0.2, -0.15) is 0 Å². The summed E-state index contributed by atoms with van der Waals surface area (Å²) in [6.07, 6.45) is 1.08. The van der Waals surface area contributed by atoms with E-state index in [2.05, 4.69) is 17.2 Å². The van der Waals surface area contributed by atoms with Gasteiger partial charge in [-0.15, -0.1) is 5.92 Å². The van der Waals surface area contributed by atoms with Crippen LogP contribution >= 0.6 is 0 Å². The third-order valence-corrected chi connectivity index (χ3v) is 2.46. The molecule has 1 atom stereocenters. The molecule has 0 bridgehead atoms. The van der Waals surface area contributed by atoms with Crippen molar-refractivity contribution < 1.29 is 4.79 Å². The first-order valence-corrected chi connectivity index (χ1v) is 5.71. The number of rotatable bonds is 5. The third-order valence-electron chi connectivity index (χ3n) is 2.46. The van der Waals surface area contributed by atoms with E-state index in [1.165, 1.54) is 0 Å². The van der Waals surface area contributed by atoms with E-state index in [0.29, 0.717) is 19.4 Å². The molecule has 17 heavy (non-hydrogen) atoms. The summed E-state index contributed by atoms with van der Waals surface area (Å²) in [6, 6.07) is 9.72. The van der Waals surface area contributed by atoms with Crippen LogP contribution in [-0.4, -0.2) is 12.5 Å². The maximum Gasteiger partial charge on any atom is 0.220 e. The molecule has 3 heteroatoms. The fourth-order valence-electron chi connectivity index (χ4n) is 1.47. The van der Waals surface area contributed by atoms with E-state index in [4.69, 9.17) is 5.73 Å². The molecule has 1 aromatic carbocycles. The van der Waals surface area contributed by atoms with Crippen molar-refractivity contribution in [3.63, 3.8) is 0 Å². The average molecular weight is 230 g/mol. The van der Waals surface area contributed by atoms with Crippen LogP contribution < -0.4 is 11.1 Å². The van der Waals surface area contributed by atoms with Crippen molar-refractivity contribution in [2.24, 2.45) is 5.73 Å². The molecule has 0 aromatic heterocycles. The molecule has 0 aliphatic heterocycles. The molecule has 90 valence electrons. The van der Waals surface area contributed by atoms with Crippen LogP contribution in [0.4, 0.5) is 0 Å². The second-order valence-corrected chi connectivity index (χ2v) is 3.76. The van der Waals surface area contributed by atoms with Gasteiger partial charge in [0.1, 0.15) is 0 Å². The number of hydrogen-bond acceptors (Lipinski definition) is 2. The number of hydrogen-bond donors (Lipinski definition) is 2. The van der Waals surface area contributed by atoms with Gasteiger partial charge in [0.25, 0.3) is 0 Å². The summed E-state index contributed by atoms with van der Waals surface area (Å²) in [5.41, 5.74) is 7.05. The van der Waals surface area contributed by atoms with Crippen LogP contribution in [0.3, 0.4) is 0 Å². The second-order valence-electron chi connectivity index (χ2n) is 3.76. The van der Waals surface area contributed by atoms with Gasteiger partial charge in [-0.05, 0) is 18.9 Å². The average Bonchev–Trinajstić information content (AvgIpc) is 2.37. The third kappa shape index (κ3) is 5.19. The number of amides is 1. The van der Waals surface area contributed by atoms with E-state index in [1.807, 2.05) is 30.3 Å². The molecule has 0 aliphatic rings. The maximum atomic E-state index is 11.4. The highest BCUT2D eigenvalue weighted by Gasteiger charge is 2.07. The van der Waals surface area contributed by atoms with Crippen LogP contribution in [0.1, 0.15) is 31.4 Å². The molecular formula is C14H18N2O. The number of nitrogens with one attached hydrogen (secondary N) is 1. The summed E-state index contributed by atoms with van der Waals surface area (Å²) in [7, 11) is 0. The van der Waals surface area contributed by atoms with Gasteiger partial charge in [0, 0.05) is 12.5 Å². The molecule has 0 fully saturated rings. The number of carbonyl (C=O) groups excluding carboxylic acids is 1. The molecule has 3 nitrogen and oxygen atoms in total. The van der Waals surface area contributed by atoms with Gasteiger partial charge >= 0.3 is 0 Å². The zero-order valence-electron chi connectivity index (χ0n) is 10.1. The van der Waals surface area contributed by atoms with Crippen molar-refractivity contribution in [3.8, 4) is 11.8 Å². The lowest BCUT2D eigenvalue weighted by Gasteiger charge is -2.11. The number of benzene rings is 1. The van der Waals surface area contributed by atoms with Gasteiger partial charge in [0.05, 0.1) is 6.54 Å². The second kappa shape index (κ2) is 7.48. The number of carbonyl (C=O) groups is 1. The van der Waals surface area contributed by atoms with Crippen LogP contribution in [0.2, 0.25) is 0 Å². The smallest absolute Gasteiger partial charge is 0.220 e. The highest BCUT2D eigenvalue weighted by atomic mass is 16.1. The first-order valence-electron chi connectivity index (χ1n) is 5.71. The summed E-state index contributed by atoms with van der Waals surface area (Å²) in [5.74, 6) is 5.51. The van der Waals surface area contributed by atoms with Crippen LogP contribution in [-0.2, 0) is 4.79 Å². The van der Waals surface area contributed by atoms with Crippen LogP contribution in [0.5, 0.6) is 0 Å². The Balaban J connectivity index is 2.30. The Labute approximate surface area is 102 Å². The summed E-state index contributed by atoms with van der Waals surface area (Å²) >= 11 is 0. The largest absolute Gasteiger partial charge is 0.345 e. The molecule has 1 rings (SSSR count). The number of nitrogens with two attached hydrogens (primary N) is 1. The van der Waals surface area contributed by atoms with Crippen molar-refractivity contribution >= 4 is 5.91 Å². The standard InChI is InChI=1S/C14H18N2O/c1-2-3-11-16-14(17)10-9-13(15)12-7-5-4-6-8-12/h4-8,13H,9-11,15H2,1H3,(H,16,17). The van der Waals surface area contributed by atoms with Crippen molar-refractivity contribution in [3.05, 3.63) is 35.9 Å². The quantitative estimate of drug-likeness (QED) is 0.755. The van der Waals surface area contributed by atoms with E-state index in [9.17, 15) is 4.79 Å². The van der Waals surface area contributed by atoms with Gasteiger partial charge in [-0.3, -0.25) is 4.79 Å². The Kier molecular flexibility index (Phi) is 5.84. The predicted molar refractivity (Wildman–Crippen MR) is 69.1 cm³/mol.